The number of amides is 1. The highest BCUT2D eigenvalue weighted by Crippen LogP contribution is 2.06. The quantitative estimate of drug-likeness (QED) is 0.492. The number of pyridine rings is 1. The van der Waals surface area contributed by atoms with Gasteiger partial charge in [-0.15, -0.1) is 0 Å². The SMILES string of the molecule is NC(=O)CCCNc1ccc(C(N)=S)nc1. The molecular formula is C10H14N4OS. The Bertz CT molecular complexity index is 377. The topological polar surface area (TPSA) is 94.0 Å². The minimum absolute atomic E-state index is 0.278. The average Bonchev–Trinajstić information content (AvgIpc) is 2.25. The maximum atomic E-state index is 10.5. The first-order chi connectivity index (χ1) is 7.59. The molecule has 1 amide bonds. The van der Waals surface area contributed by atoms with Gasteiger partial charge in [0, 0.05) is 13.0 Å². The van der Waals surface area contributed by atoms with E-state index < -0.39 is 0 Å². The molecule has 0 saturated carbocycles. The Morgan fingerprint density at radius 2 is 2.19 bits per heavy atom. The number of rotatable bonds is 6. The van der Waals surface area contributed by atoms with Crippen LogP contribution in [0.4, 0.5) is 5.69 Å². The molecule has 0 aliphatic rings. The van der Waals surface area contributed by atoms with Crippen molar-refractivity contribution in [3.63, 3.8) is 0 Å². The second-order valence-corrected chi connectivity index (χ2v) is 3.73. The summed E-state index contributed by atoms with van der Waals surface area (Å²) >= 11 is 4.78. The highest BCUT2D eigenvalue weighted by Gasteiger charge is 1.98. The second-order valence-electron chi connectivity index (χ2n) is 3.29. The highest BCUT2D eigenvalue weighted by atomic mass is 32.1. The number of nitrogens with two attached hydrogens (primary N) is 2. The average molecular weight is 238 g/mol. The van der Waals surface area contributed by atoms with Crippen LogP contribution >= 0.6 is 12.2 Å². The third kappa shape index (κ3) is 4.22. The number of carbonyl (C=O) groups excluding carboxylic acids is 1. The van der Waals surface area contributed by atoms with Crippen LogP contribution in [0.15, 0.2) is 18.3 Å². The third-order valence-electron chi connectivity index (χ3n) is 1.95. The van der Waals surface area contributed by atoms with Gasteiger partial charge >= 0.3 is 0 Å². The number of carbonyl (C=O) groups is 1. The molecule has 16 heavy (non-hydrogen) atoms. The molecule has 1 aromatic rings. The normalized spacial score (nSPS) is 9.75. The number of thiocarbonyl (C=S) groups is 1. The van der Waals surface area contributed by atoms with E-state index in [1.54, 1.807) is 12.3 Å². The van der Waals surface area contributed by atoms with Crippen molar-refractivity contribution >= 4 is 28.8 Å². The lowest BCUT2D eigenvalue weighted by Gasteiger charge is -2.05. The summed E-state index contributed by atoms with van der Waals surface area (Å²) in [6.07, 6.45) is 2.73. The monoisotopic (exact) mass is 238 g/mol. The van der Waals surface area contributed by atoms with Crippen molar-refractivity contribution < 1.29 is 4.79 Å². The summed E-state index contributed by atoms with van der Waals surface area (Å²) in [5.41, 5.74) is 11.9. The Hall–Kier alpha value is -1.69. The van der Waals surface area contributed by atoms with Gasteiger partial charge in [-0.25, -0.2) is 0 Å². The van der Waals surface area contributed by atoms with Crippen molar-refractivity contribution in [3.05, 3.63) is 24.0 Å². The standard InChI is InChI=1S/C10H14N4OS/c11-9(15)2-1-5-13-7-3-4-8(10(12)16)14-6-7/h3-4,6,13H,1-2,5H2,(H2,11,15)(H2,12,16). The third-order valence-corrected chi connectivity index (χ3v) is 2.15. The van der Waals surface area contributed by atoms with E-state index in [1.165, 1.54) is 0 Å². The lowest BCUT2D eigenvalue weighted by molar-refractivity contribution is -0.118. The first-order valence-corrected chi connectivity index (χ1v) is 5.28. The minimum Gasteiger partial charge on any atom is -0.388 e. The van der Waals surface area contributed by atoms with Crippen LogP contribution in [0, 0.1) is 0 Å². The number of nitrogens with one attached hydrogen (secondary N) is 1. The second kappa shape index (κ2) is 6.02. The number of hydrogen-bond donors (Lipinski definition) is 3. The Morgan fingerprint density at radius 1 is 1.44 bits per heavy atom. The van der Waals surface area contributed by atoms with Gasteiger partial charge in [0.2, 0.25) is 5.91 Å². The van der Waals surface area contributed by atoms with Crippen molar-refractivity contribution in [1.82, 2.24) is 4.98 Å². The van der Waals surface area contributed by atoms with Gasteiger partial charge in [-0.3, -0.25) is 9.78 Å². The van der Waals surface area contributed by atoms with Gasteiger partial charge in [-0.05, 0) is 18.6 Å². The van der Waals surface area contributed by atoms with Crippen molar-refractivity contribution in [2.24, 2.45) is 11.5 Å². The molecule has 86 valence electrons. The Labute approximate surface area is 99.2 Å². The van der Waals surface area contributed by atoms with E-state index >= 15 is 0 Å². The van der Waals surface area contributed by atoms with E-state index in [-0.39, 0.29) is 10.9 Å². The van der Waals surface area contributed by atoms with Crippen LogP contribution in [0.3, 0.4) is 0 Å². The van der Waals surface area contributed by atoms with E-state index in [9.17, 15) is 4.79 Å². The van der Waals surface area contributed by atoms with Gasteiger partial charge in [0.1, 0.15) is 4.99 Å². The van der Waals surface area contributed by atoms with E-state index in [1.807, 2.05) is 6.07 Å². The summed E-state index contributed by atoms with van der Waals surface area (Å²) in [7, 11) is 0. The first kappa shape index (κ1) is 12.4. The molecule has 0 fully saturated rings. The molecule has 0 aliphatic carbocycles. The van der Waals surface area contributed by atoms with Crippen molar-refractivity contribution in [2.45, 2.75) is 12.8 Å². The van der Waals surface area contributed by atoms with Crippen molar-refractivity contribution in [2.75, 3.05) is 11.9 Å². The number of nitrogens with zero attached hydrogens (tertiary/aromatic N) is 1. The van der Waals surface area contributed by atoms with Crippen LogP contribution in [0.5, 0.6) is 0 Å². The van der Waals surface area contributed by atoms with Gasteiger partial charge in [0.25, 0.3) is 0 Å². The summed E-state index contributed by atoms with van der Waals surface area (Å²) in [6.45, 7) is 0.678. The molecule has 1 aromatic heterocycles. The summed E-state index contributed by atoms with van der Waals surface area (Å²) in [5, 5.41) is 3.11. The van der Waals surface area contributed by atoms with Crippen LogP contribution in [0.2, 0.25) is 0 Å². The zero-order chi connectivity index (χ0) is 12.0. The van der Waals surface area contributed by atoms with E-state index in [4.69, 9.17) is 23.7 Å². The molecule has 0 radical (unpaired) electrons. The fraction of sp³-hybridized carbons (Fsp3) is 0.300. The zero-order valence-corrected chi connectivity index (χ0v) is 9.59. The lowest BCUT2D eigenvalue weighted by Crippen LogP contribution is -2.13. The smallest absolute Gasteiger partial charge is 0.217 e. The Morgan fingerprint density at radius 3 is 2.69 bits per heavy atom. The first-order valence-electron chi connectivity index (χ1n) is 4.87. The molecule has 0 bridgehead atoms. The summed E-state index contributed by atoms with van der Waals surface area (Å²) in [5.74, 6) is -0.288. The zero-order valence-electron chi connectivity index (χ0n) is 8.77. The Balaban J connectivity index is 2.38. The molecule has 0 spiro atoms. The molecule has 0 saturated heterocycles. The maximum Gasteiger partial charge on any atom is 0.217 e. The van der Waals surface area contributed by atoms with Gasteiger partial charge in [0.05, 0.1) is 17.6 Å². The number of hydrogen-bond acceptors (Lipinski definition) is 4. The Kier molecular flexibility index (Phi) is 4.65. The molecule has 5 N–H and O–H groups in total. The summed E-state index contributed by atoms with van der Waals surface area (Å²) in [4.78, 5) is 14.8. The van der Waals surface area contributed by atoms with Crippen LogP contribution in [-0.4, -0.2) is 22.4 Å². The largest absolute Gasteiger partial charge is 0.388 e. The summed E-state index contributed by atoms with van der Waals surface area (Å²) < 4.78 is 0. The fourth-order valence-corrected chi connectivity index (χ4v) is 1.26. The number of aromatic nitrogens is 1. The fourth-order valence-electron chi connectivity index (χ4n) is 1.14. The number of anilines is 1. The van der Waals surface area contributed by atoms with Crippen LogP contribution in [0.25, 0.3) is 0 Å². The van der Waals surface area contributed by atoms with E-state index in [0.29, 0.717) is 25.1 Å². The van der Waals surface area contributed by atoms with Gasteiger partial charge < -0.3 is 16.8 Å². The molecule has 0 aromatic carbocycles. The molecule has 0 atom stereocenters. The predicted octanol–water partition coefficient (Wildman–Crippen LogP) is 0.393. The highest BCUT2D eigenvalue weighted by molar-refractivity contribution is 7.80. The summed E-state index contributed by atoms with van der Waals surface area (Å²) in [6, 6.07) is 3.59. The molecule has 0 unspecified atom stereocenters. The molecule has 6 heteroatoms. The lowest BCUT2D eigenvalue weighted by atomic mass is 10.3. The molecule has 0 aliphatic heterocycles. The molecular weight excluding hydrogens is 224 g/mol. The van der Waals surface area contributed by atoms with Crippen LogP contribution < -0.4 is 16.8 Å². The molecule has 1 heterocycles. The van der Waals surface area contributed by atoms with Crippen LogP contribution in [-0.2, 0) is 4.79 Å². The van der Waals surface area contributed by atoms with Crippen molar-refractivity contribution in [3.8, 4) is 0 Å². The minimum atomic E-state index is -0.288. The molecule has 1 rings (SSSR count). The van der Waals surface area contributed by atoms with Gasteiger partial charge in [-0.1, -0.05) is 12.2 Å². The van der Waals surface area contributed by atoms with Crippen molar-refractivity contribution in [1.29, 1.82) is 0 Å². The number of primary amides is 1. The van der Waals surface area contributed by atoms with E-state index in [2.05, 4.69) is 10.3 Å². The molecule has 5 nitrogen and oxygen atoms in total. The predicted molar refractivity (Wildman–Crippen MR) is 67.0 cm³/mol. The maximum absolute atomic E-state index is 10.5. The van der Waals surface area contributed by atoms with Crippen LogP contribution in [0.1, 0.15) is 18.5 Å². The van der Waals surface area contributed by atoms with E-state index in [0.717, 1.165) is 5.69 Å². The van der Waals surface area contributed by atoms with Gasteiger partial charge in [0.15, 0.2) is 0 Å². The van der Waals surface area contributed by atoms with Gasteiger partial charge in [-0.2, -0.15) is 0 Å².